The van der Waals surface area contributed by atoms with Crippen LogP contribution in [0.15, 0.2) is 24.3 Å². The molecule has 0 N–H and O–H groups in total. The van der Waals surface area contributed by atoms with Crippen molar-refractivity contribution >= 4 is 23.7 Å². The Balaban J connectivity index is 2.87. The monoisotopic (exact) mass is 351 g/mol. The minimum atomic E-state index is -0.780. The van der Waals surface area contributed by atoms with Gasteiger partial charge < -0.3 is 19.4 Å². The van der Waals surface area contributed by atoms with Gasteiger partial charge in [0.2, 0.25) is 5.91 Å². The molecular weight excluding hydrogens is 326 g/mol. The molecule has 0 bridgehead atoms. The number of likely N-dealkylation sites (N-methyl/N-ethyl adjacent to an activating group) is 2. The van der Waals surface area contributed by atoms with Gasteiger partial charge in [-0.05, 0) is 13.8 Å². The Bertz CT molecular complexity index is 613. The lowest BCUT2D eigenvalue weighted by atomic mass is 10.2. The zero-order valence-electron chi connectivity index (χ0n) is 15.2. The normalized spacial score (nSPS) is 15.7. The average Bonchev–Trinajstić information content (AvgIpc) is 2.54. The van der Waals surface area contributed by atoms with Crippen molar-refractivity contribution in [3.8, 4) is 0 Å². The van der Waals surface area contributed by atoms with Crippen LogP contribution in [0.4, 0.5) is 0 Å². The van der Waals surface area contributed by atoms with Crippen LogP contribution in [-0.4, -0.2) is 84.8 Å². The van der Waals surface area contributed by atoms with Crippen molar-refractivity contribution in [2.24, 2.45) is 0 Å². The number of amides is 3. The molecule has 8 heteroatoms. The van der Waals surface area contributed by atoms with E-state index in [-0.39, 0.29) is 24.6 Å². The van der Waals surface area contributed by atoms with E-state index < -0.39 is 23.9 Å². The van der Waals surface area contributed by atoms with Crippen LogP contribution >= 0.6 is 0 Å². The Kier molecular flexibility index (Phi) is 6.90. The maximum atomic E-state index is 12.1. The quantitative estimate of drug-likeness (QED) is 0.360. The van der Waals surface area contributed by atoms with Crippen LogP contribution in [0, 0.1) is 0 Å². The number of carbonyl (C=O) groups excluding carboxylic acids is 4. The number of hydrogen-bond donors (Lipinski definition) is 0. The van der Waals surface area contributed by atoms with E-state index in [1.807, 2.05) is 0 Å². The van der Waals surface area contributed by atoms with Crippen molar-refractivity contribution in [2.45, 2.75) is 20.0 Å². The Morgan fingerprint density at radius 3 is 2.28 bits per heavy atom. The third-order valence-corrected chi connectivity index (χ3v) is 3.76. The predicted molar refractivity (Wildman–Crippen MR) is 91.4 cm³/mol. The molecule has 3 amide bonds. The first kappa shape index (κ1) is 20.4. The van der Waals surface area contributed by atoms with Crippen LogP contribution in [0.25, 0.3) is 0 Å². The van der Waals surface area contributed by atoms with Crippen molar-refractivity contribution in [1.29, 1.82) is 0 Å². The van der Waals surface area contributed by atoms with E-state index in [1.54, 1.807) is 21.0 Å². The zero-order valence-corrected chi connectivity index (χ0v) is 15.2. The summed E-state index contributed by atoms with van der Waals surface area (Å²) >= 11 is 0. The van der Waals surface area contributed by atoms with Crippen LogP contribution in [0.3, 0.4) is 0 Å². The summed E-state index contributed by atoms with van der Waals surface area (Å²) in [7, 11) is 3.10. The van der Waals surface area contributed by atoms with Gasteiger partial charge in [-0.15, -0.1) is 0 Å². The summed E-state index contributed by atoms with van der Waals surface area (Å²) in [5.41, 5.74) is 0.554. The Morgan fingerprint density at radius 2 is 1.76 bits per heavy atom. The second-order valence-electron chi connectivity index (χ2n) is 6.25. The Hall–Kier alpha value is -2.64. The second kappa shape index (κ2) is 8.46. The van der Waals surface area contributed by atoms with Gasteiger partial charge in [0.25, 0.3) is 0 Å². The lowest BCUT2D eigenvalue weighted by molar-refractivity contribution is -0.158. The average molecular weight is 351 g/mol. The molecule has 0 aromatic heterocycles. The van der Waals surface area contributed by atoms with E-state index in [9.17, 15) is 19.2 Å². The number of carbonyl (C=O) groups is 4. The van der Waals surface area contributed by atoms with Crippen molar-refractivity contribution in [1.82, 2.24) is 14.7 Å². The fourth-order valence-electron chi connectivity index (χ4n) is 2.29. The summed E-state index contributed by atoms with van der Waals surface area (Å²) in [5, 5.41) is 0. The standard InChI is InChI=1S/C17H25N3O5/c1-11(2)14(21)19(6)9-13(25-17(24)12(3)4)10-20-8-7-18(5)15(22)16(20)23/h13H,1,3,7-10H2,2,4-6H3. The van der Waals surface area contributed by atoms with Crippen molar-refractivity contribution in [2.75, 3.05) is 40.3 Å². The smallest absolute Gasteiger partial charge is 0.333 e. The minimum absolute atomic E-state index is 0.0191. The number of nitrogens with zero attached hydrogens (tertiary/aromatic N) is 3. The van der Waals surface area contributed by atoms with Crippen LogP contribution in [0.1, 0.15) is 13.8 Å². The van der Waals surface area contributed by atoms with Gasteiger partial charge in [0.1, 0.15) is 6.10 Å². The van der Waals surface area contributed by atoms with E-state index in [0.29, 0.717) is 18.7 Å². The number of ether oxygens (including phenoxy) is 1. The molecule has 8 nitrogen and oxygen atoms in total. The molecule has 1 atom stereocenters. The highest BCUT2D eigenvalue weighted by Gasteiger charge is 2.33. The van der Waals surface area contributed by atoms with Crippen molar-refractivity contribution in [3.63, 3.8) is 0 Å². The van der Waals surface area contributed by atoms with Gasteiger partial charge in [-0.25, -0.2) is 4.79 Å². The first-order chi connectivity index (χ1) is 11.5. The zero-order chi connectivity index (χ0) is 19.3. The topological polar surface area (TPSA) is 87.2 Å². The molecule has 1 aliphatic rings. The number of esters is 1. The van der Waals surface area contributed by atoms with Crippen LogP contribution in [-0.2, 0) is 23.9 Å². The highest BCUT2D eigenvalue weighted by atomic mass is 16.5. The highest BCUT2D eigenvalue weighted by molar-refractivity contribution is 6.35. The van der Waals surface area contributed by atoms with E-state index in [1.165, 1.54) is 21.6 Å². The Labute approximate surface area is 147 Å². The molecule has 0 saturated carbocycles. The minimum Gasteiger partial charge on any atom is -0.455 e. The molecule has 0 radical (unpaired) electrons. The fraction of sp³-hybridized carbons (Fsp3) is 0.529. The molecular formula is C17H25N3O5. The molecule has 1 heterocycles. The maximum absolute atomic E-state index is 12.1. The van der Waals surface area contributed by atoms with Gasteiger partial charge in [0.15, 0.2) is 0 Å². The third kappa shape index (κ3) is 5.44. The van der Waals surface area contributed by atoms with Gasteiger partial charge in [0.05, 0.1) is 13.1 Å². The molecule has 0 aromatic carbocycles. The summed E-state index contributed by atoms with van der Waals surface area (Å²) in [6.45, 7) is 11.0. The maximum Gasteiger partial charge on any atom is 0.333 e. The van der Waals surface area contributed by atoms with Gasteiger partial charge in [0, 0.05) is 38.3 Å². The second-order valence-corrected chi connectivity index (χ2v) is 6.25. The summed E-state index contributed by atoms with van der Waals surface area (Å²) in [4.78, 5) is 51.8. The molecule has 0 spiro atoms. The predicted octanol–water partition coefficient (Wildman–Crippen LogP) is -0.191. The molecule has 0 aromatic rings. The fourth-order valence-corrected chi connectivity index (χ4v) is 2.29. The van der Waals surface area contributed by atoms with Crippen LogP contribution in [0.2, 0.25) is 0 Å². The van der Waals surface area contributed by atoms with Gasteiger partial charge >= 0.3 is 17.8 Å². The van der Waals surface area contributed by atoms with Crippen LogP contribution in [0.5, 0.6) is 0 Å². The molecule has 0 aliphatic carbocycles. The van der Waals surface area contributed by atoms with Gasteiger partial charge in [-0.3, -0.25) is 14.4 Å². The molecule has 1 unspecified atom stereocenters. The van der Waals surface area contributed by atoms with E-state index in [0.717, 1.165) is 0 Å². The van der Waals surface area contributed by atoms with E-state index in [2.05, 4.69) is 13.2 Å². The Morgan fingerprint density at radius 1 is 1.16 bits per heavy atom. The van der Waals surface area contributed by atoms with E-state index in [4.69, 9.17) is 4.74 Å². The molecule has 1 saturated heterocycles. The van der Waals surface area contributed by atoms with Gasteiger partial charge in [-0.2, -0.15) is 0 Å². The summed E-state index contributed by atoms with van der Waals surface area (Å²) in [6, 6.07) is 0. The SMILES string of the molecule is C=C(C)C(=O)OC(CN(C)C(=O)C(=C)C)CN1CCN(C)C(=O)C1=O. The largest absolute Gasteiger partial charge is 0.455 e. The van der Waals surface area contributed by atoms with Crippen molar-refractivity contribution in [3.05, 3.63) is 24.3 Å². The first-order valence-electron chi connectivity index (χ1n) is 7.86. The number of rotatable bonds is 7. The first-order valence-corrected chi connectivity index (χ1v) is 7.86. The molecule has 25 heavy (non-hydrogen) atoms. The van der Waals surface area contributed by atoms with Gasteiger partial charge in [-0.1, -0.05) is 13.2 Å². The lowest BCUT2D eigenvalue weighted by Crippen LogP contribution is -2.55. The van der Waals surface area contributed by atoms with Crippen molar-refractivity contribution < 1.29 is 23.9 Å². The molecule has 1 aliphatic heterocycles. The van der Waals surface area contributed by atoms with Crippen LogP contribution < -0.4 is 0 Å². The molecule has 1 fully saturated rings. The molecule has 138 valence electrons. The lowest BCUT2D eigenvalue weighted by Gasteiger charge is -2.34. The molecule has 1 rings (SSSR count). The highest BCUT2D eigenvalue weighted by Crippen LogP contribution is 2.09. The van der Waals surface area contributed by atoms with E-state index >= 15 is 0 Å². The number of piperazine rings is 1. The summed E-state index contributed by atoms with van der Waals surface area (Å²) in [6.07, 6.45) is -0.780. The summed E-state index contributed by atoms with van der Waals surface area (Å²) < 4.78 is 5.34. The summed E-state index contributed by atoms with van der Waals surface area (Å²) in [5.74, 6) is -2.17. The third-order valence-electron chi connectivity index (χ3n) is 3.76. The number of hydrogen-bond acceptors (Lipinski definition) is 5.